The molecule has 0 bridgehead atoms. The molecule has 0 radical (unpaired) electrons. The maximum absolute atomic E-state index is 14.1. The van der Waals surface area contributed by atoms with Crippen molar-refractivity contribution in [3.8, 4) is 0 Å². The highest BCUT2D eigenvalue weighted by molar-refractivity contribution is 7.93. The standard InChI is InChI=1S/C19H17FN4O3S2/c1-12-21-22-19(28-12)23-29(26,27)14-8-9-17-13(11-14)5-4-10-24(17)18(25)15-6-2-3-7-16(15)20/h2-3,6-9,11H,4-5,10H2,1H3,(H,22,23). The summed E-state index contributed by atoms with van der Waals surface area (Å²) in [5.41, 5.74) is 1.30. The molecule has 0 fully saturated rings. The third-order valence-electron chi connectivity index (χ3n) is 4.58. The number of fused-ring (bicyclic) bond motifs is 1. The highest BCUT2D eigenvalue weighted by atomic mass is 32.2. The van der Waals surface area contributed by atoms with Crippen molar-refractivity contribution in [3.63, 3.8) is 0 Å². The van der Waals surface area contributed by atoms with Crippen molar-refractivity contribution in [2.75, 3.05) is 16.2 Å². The van der Waals surface area contributed by atoms with Crippen LogP contribution in [-0.2, 0) is 16.4 Å². The Balaban J connectivity index is 1.65. The van der Waals surface area contributed by atoms with Crippen molar-refractivity contribution in [2.24, 2.45) is 0 Å². The summed E-state index contributed by atoms with van der Waals surface area (Å²) in [4.78, 5) is 14.4. The van der Waals surface area contributed by atoms with Crippen LogP contribution >= 0.6 is 11.3 Å². The molecule has 0 unspecified atom stereocenters. The second-order valence-electron chi connectivity index (χ2n) is 6.56. The maximum atomic E-state index is 14.1. The highest BCUT2D eigenvalue weighted by Gasteiger charge is 2.27. The van der Waals surface area contributed by atoms with Gasteiger partial charge in [-0.2, -0.15) is 0 Å². The summed E-state index contributed by atoms with van der Waals surface area (Å²) >= 11 is 1.14. The number of sulfonamides is 1. The van der Waals surface area contributed by atoms with Gasteiger partial charge in [0, 0.05) is 12.2 Å². The van der Waals surface area contributed by atoms with Crippen LogP contribution in [0.1, 0.15) is 27.3 Å². The van der Waals surface area contributed by atoms with E-state index in [0.29, 0.717) is 30.1 Å². The number of aromatic nitrogens is 2. The van der Waals surface area contributed by atoms with Gasteiger partial charge in [-0.25, -0.2) is 12.8 Å². The molecule has 0 saturated carbocycles. The Morgan fingerprint density at radius 3 is 2.72 bits per heavy atom. The first kappa shape index (κ1) is 19.5. The second kappa shape index (κ2) is 7.53. The molecule has 0 spiro atoms. The molecule has 1 aliphatic rings. The molecule has 0 saturated heterocycles. The highest BCUT2D eigenvalue weighted by Crippen LogP contribution is 2.31. The Bertz CT molecular complexity index is 1190. The molecule has 2 heterocycles. The lowest BCUT2D eigenvalue weighted by molar-refractivity contribution is 0.0981. The number of nitrogens with one attached hydrogen (secondary N) is 1. The van der Waals surface area contributed by atoms with Gasteiger partial charge in [-0.15, -0.1) is 10.2 Å². The molecule has 1 aliphatic heterocycles. The van der Waals surface area contributed by atoms with Crippen molar-refractivity contribution in [2.45, 2.75) is 24.7 Å². The number of amides is 1. The van der Waals surface area contributed by atoms with E-state index in [2.05, 4.69) is 14.9 Å². The van der Waals surface area contributed by atoms with Crippen LogP contribution in [0.15, 0.2) is 47.4 Å². The molecule has 150 valence electrons. The number of nitrogens with zero attached hydrogens (tertiary/aromatic N) is 3. The van der Waals surface area contributed by atoms with Crippen LogP contribution in [-0.4, -0.2) is 31.1 Å². The molecule has 7 nitrogen and oxygen atoms in total. The molecule has 3 aromatic rings. The van der Waals surface area contributed by atoms with E-state index < -0.39 is 21.7 Å². The Hall–Kier alpha value is -2.85. The summed E-state index contributed by atoms with van der Waals surface area (Å²) in [6.07, 6.45) is 1.28. The third-order valence-corrected chi connectivity index (χ3v) is 6.80. The van der Waals surface area contributed by atoms with E-state index in [4.69, 9.17) is 0 Å². The van der Waals surface area contributed by atoms with Crippen LogP contribution in [0.3, 0.4) is 0 Å². The summed E-state index contributed by atoms with van der Waals surface area (Å²) in [7, 11) is -3.84. The van der Waals surface area contributed by atoms with Crippen LogP contribution in [0.25, 0.3) is 0 Å². The van der Waals surface area contributed by atoms with Gasteiger partial charge >= 0.3 is 0 Å². The molecule has 0 aliphatic carbocycles. The van der Waals surface area contributed by atoms with E-state index in [1.807, 2.05) is 0 Å². The average Bonchev–Trinajstić information content (AvgIpc) is 3.10. The molecule has 1 aromatic heterocycles. The zero-order valence-corrected chi connectivity index (χ0v) is 17.1. The first-order valence-electron chi connectivity index (χ1n) is 8.87. The molecule has 10 heteroatoms. The normalized spacial score (nSPS) is 13.8. The maximum Gasteiger partial charge on any atom is 0.263 e. The number of aryl methyl sites for hydroxylation is 2. The minimum atomic E-state index is -3.84. The number of halogens is 1. The zero-order chi connectivity index (χ0) is 20.6. The fourth-order valence-electron chi connectivity index (χ4n) is 3.24. The number of anilines is 2. The third kappa shape index (κ3) is 3.85. The molecule has 1 N–H and O–H groups in total. The SMILES string of the molecule is Cc1nnc(NS(=O)(=O)c2ccc3c(c2)CCCN3C(=O)c2ccccc2F)s1. The van der Waals surface area contributed by atoms with Gasteiger partial charge in [0.15, 0.2) is 0 Å². The molecule has 0 atom stereocenters. The Morgan fingerprint density at radius 1 is 1.21 bits per heavy atom. The molecule has 29 heavy (non-hydrogen) atoms. The fraction of sp³-hybridized carbons (Fsp3) is 0.211. The van der Waals surface area contributed by atoms with Crippen LogP contribution in [0.4, 0.5) is 15.2 Å². The molecular formula is C19H17FN4O3S2. The van der Waals surface area contributed by atoms with E-state index >= 15 is 0 Å². The van der Waals surface area contributed by atoms with Gasteiger partial charge in [-0.1, -0.05) is 23.5 Å². The molecule has 1 amide bonds. The smallest absolute Gasteiger partial charge is 0.263 e. The van der Waals surface area contributed by atoms with Gasteiger partial charge in [-0.05, 0) is 55.7 Å². The predicted octanol–water partition coefficient (Wildman–Crippen LogP) is 3.38. The average molecular weight is 433 g/mol. The topological polar surface area (TPSA) is 92.3 Å². The van der Waals surface area contributed by atoms with Crippen molar-refractivity contribution in [3.05, 3.63) is 64.4 Å². The van der Waals surface area contributed by atoms with Crippen molar-refractivity contribution < 1.29 is 17.6 Å². The largest absolute Gasteiger partial charge is 0.308 e. The van der Waals surface area contributed by atoms with Gasteiger partial charge < -0.3 is 4.90 Å². The Kier molecular flexibility index (Phi) is 5.05. The lowest BCUT2D eigenvalue weighted by Crippen LogP contribution is -2.36. The number of carbonyl (C=O) groups is 1. The minimum absolute atomic E-state index is 0.00893. The van der Waals surface area contributed by atoms with Crippen LogP contribution in [0.5, 0.6) is 0 Å². The Labute approximate surface area is 171 Å². The van der Waals surface area contributed by atoms with Gasteiger partial charge in [0.25, 0.3) is 15.9 Å². The van der Waals surface area contributed by atoms with Gasteiger partial charge in [0.1, 0.15) is 10.8 Å². The summed E-state index contributed by atoms with van der Waals surface area (Å²) in [5.74, 6) is -1.03. The molecule has 2 aromatic carbocycles. The van der Waals surface area contributed by atoms with E-state index in [0.717, 1.165) is 16.9 Å². The van der Waals surface area contributed by atoms with Gasteiger partial charge in [0.2, 0.25) is 5.13 Å². The summed E-state index contributed by atoms with van der Waals surface area (Å²) in [5, 5.41) is 8.42. The lowest BCUT2D eigenvalue weighted by atomic mass is 10.0. The zero-order valence-electron chi connectivity index (χ0n) is 15.4. The van der Waals surface area contributed by atoms with Gasteiger partial charge in [0.05, 0.1) is 10.5 Å². The predicted molar refractivity (Wildman–Crippen MR) is 108 cm³/mol. The minimum Gasteiger partial charge on any atom is -0.308 e. The van der Waals surface area contributed by atoms with E-state index in [1.165, 1.54) is 29.2 Å². The van der Waals surface area contributed by atoms with E-state index in [-0.39, 0.29) is 15.6 Å². The quantitative estimate of drug-likeness (QED) is 0.682. The molecule has 4 rings (SSSR count). The summed E-state index contributed by atoms with van der Waals surface area (Å²) in [6.45, 7) is 2.17. The fourth-order valence-corrected chi connectivity index (χ4v) is 5.12. The first-order valence-corrected chi connectivity index (χ1v) is 11.2. The lowest BCUT2D eigenvalue weighted by Gasteiger charge is -2.30. The summed E-state index contributed by atoms with van der Waals surface area (Å²) < 4.78 is 41.8. The second-order valence-corrected chi connectivity index (χ2v) is 9.43. The first-order chi connectivity index (χ1) is 13.8. The number of carbonyl (C=O) groups excluding carboxylic acids is 1. The molecular weight excluding hydrogens is 415 g/mol. The van der Waals surface area contributed by atoms with Crippen LogP contribution in [0, 0.1) is 12.7 Å². The Morgan fingerprint density at radius 2 is 2.00 bits per heavy atom. The van der Waals surface area contributed by atoms with Crippen molar-refractivity contribution >= 4 is 38.1 Å². The van der Waals surface area contributed by atoms with Crippen molar-refractivity contribution in [1.82, 2.24) is 10.2 Å². The van der Waals surface area contributed by atoms with E-state index in [1.54, 1.807) is 25.1 Å². The van der Waals surface area contributed by atoms with Crippen molar-refractivity contribution in [1.29, 1.82) is 0 Å². The van der Waals surface area contributed by atoms with Crippen LogP contribution < -0.4 is 9.62 Å². The number of rotatable bonds is 4. The van der Waals surface area contributed by atoms with Gasteiger partial charge in [-0.3, -0.25) is 9.52 Å². The van der Waals surface area contributed by atoms with E-state index in [9.17, 15) is 17.6 Å². The summed E-state index contributed by atoms with van der Waals surface area (Å²) in [6, 6.07) is 10.4. The number of hydrogen-bond acceptors (Lipinski definition) is 6. The number of benzene rings is 2. The van der Waals surface area contributed by atoms with Crippen LogP contribution in [0.2, 0.25) is 0 Å². The monoisotopic (exact) mass is 432 g/mol. The number of hydrogen-bond donors (Lipinski definition) is 1.